The fourth-order valence-corrected chi connectivity index (χ4v) is 3.43. The van der Waals surface area contributed by atoms with Gasteiger partial charge in [-0.3, -0.25) is 9.59 Å². The molecule has 1 aromatic heterocycles. The molecule has 4 rings (SSSR count). The van der Waals surface area contributed by atoms with Crippen molar-refractivity contribution >= 4 is 17.5 Å². The summed E-state index contributed by atoms with van der Waals surface area (Å²) in [4.78, 5) is 25.1. The second kappa shape index (κ2) is 9.32. The van der Waals surface area contributed by atoms with Crippen LogP contribution in [0.1, 0.15) is 24.5 Å². The molecular weight excluding hydrogens is 434 g/mol. The number of aromatic nitrogens is 2. The van der Waals surface area contributed by atoms with E-state index >= 15 is 0 Å². The Bertz CT molecular complexity index is 1210. The quantitative estimate of drug-likeness (QED) is 0.587. The number of aryl methyl sites for hydroxylation is 1. The van der Waals surface area contributed by atoms with E-state index in [1.54, 1.807) is 18.2 Å². The van der Waals surface area contributed by atoms with E-state index in [-0.39, 0.29) is 24.1 Å². The van der Waals surface area contributed by atoms with Gasteiger partial charge < -0.3 is 19.5 Å². The summed E-state index contributed by atoms with van der Waals surface area (Å²) in [7, 11) is 0. The van der Waals surface area contributed by atoms with Crippen molar-refractivity contribution in [2.75, 3.05) is 6.79 Å². The third-order valence-corrected chi connectivity index (χ3v) is 5.24. The van der Waals surface area contributed by atoms with Crippen LogP contribution in [0.2, 0.25) is 5.02 Å². The molecule has 1 aliphatic heterocycles. The monoisotopic (exact) mass is 455 g/mol. The summed E-state index contributed by atoms with van der Waals surface area (Å²) in [5, 5.41) is 7.63. The summed E-state index contributed by atoms with van der Waals surface area (Å²) in [6, 6.07) is 13.5. The maximum atomic E-state index is 12.7. The Morgan fingerprint density at radius 3 is 2.81 bits per heavy atom. The summed E-state index contributed by atoms with van der Waals surface area (Å²) in [5.41, 5.74) is 1.92. The molecule has 2 heterocycles. The Labute approximate surface area is 189 Å². The van der Waals surface area contributed by atoms with E-state index in [4.69, 9.17) is 25.8 Å². The summed E-state index contributed by atoms with van der Waals surface area (Å²) in [6.07, 6.45) is -0.354. The molecule has 166 valence electrons. The van der Waals surface area contributed by atoms with Crippen LogP contribution in [-0.2, 0) is 11.3 Å². The van der Waals surface area contributed by atoms with Crippen LogP contribution >= 0.6 is 11.6 Å². The predicted octanol–water partition coefficient (Wildman–Crippen LogP) is 3.40. The molecule has 1 N–H and O–H groups in total. The number of nitrogens with one attached hydrogen (secondary N) is 1. The van der Waals surface area contributed by atoms with Gasteiger partial charge in [0, 0.05) is 23.7 Å². The SMILES string of the molecule is CC[C@@H](Oc1ccc(=O)n(-c2cc(Cl)ccc2C)n1)C(=O)NCc1ccc2c(c1)OCO2. The second-order valence-electron chi connectivity index (χ2n) is 7.27. The van der Waals surface area contributed by atoms with Crippen LogP contribution in [0.25, 0.3) is 5.69 Å². The Hall–Kier alpha value is -3.52. The molecule has 1 atom stereocenters. The molecule has 9 heteroatoms. The molecule has 0 spiro atoms. The highest BCUT2D eigenvalue weighted by Crippen LogP contribution is 2.32. The number of benzene rings is 2. The van der Waals surface area contributed by atoms with Gasteiger partial charge in [-0.15, -0.1) is 5.10 Å². The van der Waals surface area contributed by atoms with Crippen molar-refractivity contribution in [1.82, 2.24) is 15.1 Å². The predicted molar refractivity (Wildman–Crippen MR) is 119 cm³/mol. The van der Waals surface area contributed by atoms with Gasteiger partial charge in [-0.2, -0.15) is 4.68 Å². The van der Waals surface area contributed by atoms with Crippen molar-refractivity contribution in [3.05, 3.63) is 75.0 Å². The highest BCUT2D eigenvalue weighted by molar-refractivity contribution is 6.30. The van der Waals surface area contributed by atoms with Gasteiger partial charge in [0.1, 0.15) is 0 Å². The van der Waals surface area contributed by atoms with Gasteiger partial charge in [-0.05, 0) is 48.7 Å². The fraction of sp³-hybridized carbons (Fsp3) is 0.261. The van der Waals surface area contributed by atoms with Crippen LogP contribution in [0.3, 0.4) is 0 Å². The molecule has 0 fully saturated rings. The fourth-order valence-electron chi connectivity index (χ4n) is 3.26. The zero-order valence-electron chi connectivity index (χ0n) is 17.6. The minimum atomic E-state index is -0.775. The van der Waals surface area contributed by atoms with Crippen LogP contribution < -0.4 is 25.1 Å². The molecule has 3 aromatic rings. The van der Waals surface area contributed by atoms with Crippen molar-refractivity contribution in [1.29, 1.82) is 0 Å². The van der Waals surface area contributed by atoms with E-state index in [0.717, 1.165) is 11.1 Å². The molecule has 0 unspecified atom stereocenters. The molecule has 0 bridgehead atoms. The van der Waals surface area contributed by atoms with E-state index in [9.17, 15) is 9.59 Å². The Morgan fingerprint density at radius 2 is 2.00 bits per heavy atom. The zero-order chi connectivity index (χ0) is 22.7. The Morgan fingerprint density at radius 1 is 1.19 bits per heavy atom. The van der Waals surface area contributed by atoms with Gasteiger partial charge in [0.15, 0.2) is 17.6 Å². The first-order chi connectivity index (χ1) is 15.4. The maximum Gasteiger partial charge on any atom is 0.271 e. The first-order valence-electron chi connectivity index (χ1n) is 10.1. The smallest absolute Gasteiger partial charge is 0.271 e. The topological polar surface area (TPSA) is 91.7 Å². The van der Waals surface area contributed by atoms with Gasteiger partial charge in [-0.1, -0.05) is 30.7 Å². The number of hydrogen-bond donors (Lipinski definition) is 1. The van der Waals surface area contributed by atoms with Crippen molar-refractivity contribution in [3.63, 3.8) is 0 Å². The molecule has 2 aromatic carbocycles. The van der Waals surface area contributed by atoms with Crippen LogP contribution in [0.5, 0.6) is 17.4 Å². The average Bonchev–Trinajstić information content (AvgIpc) is 3.26. The van der Waals surface area contributed by atoms with Crippen molar-refractivity contribution in [3.8, 4) is 23.1 Å². The summed E-state index contributed by atoms with van der Waals surface area (Å²) in [6.45, 7) is 4.19. The van der Waals surface area contributed by atoms with Gasteiger partial charge in [0.2, 0.25) is 12.7 Å². The van der Waals surface area contributed by atoms with E-state index in [1.165, 1.54) is 16.8 Å². The number of carbonyl (C=O) groups excluding carboxylic acids is 1. The van der Waals surface area contributed by atoms with Crippen LogP contribution in [0.15, 0.2) is 53.3 Å². The first-order valence-corrected chi connectivity index (χ1v) is 10.5. The standard InChI is InChI=1S/C23H22ClN3O5/c1-3-18(23(29)25-12-15-5-7-19-20(10-15)31-13-30-19)32-21-8-9-22(28)27(26-21)17-11-16(24)6-4-14(17)2/h4-11,18H,3,12-13H2,1-2H3,(H,25,29)/t18-/m1/s1. The second-order valence-corrected chi connectivity index (χ2v) is 7.71. The number of nitrogens with zero attached hydrogens (tertiary/aromatic N) is 2. The Balaban J connectivity index is 1.46. The highest BCUT2D eigenvalue weighted by atomic mass is 35.5. The third-order valence-electron chi connectivity index (χ3n) is 5.01. The molecule has 0 radical (unpaired) electrons. The molecule has 32 heavy (non-hydrogen) atoms. The number of ether oxygens (including phenoxy) is 3. The van der Waals surface area contributed by atoms with E-state index in [0.29, 0.717) is 35.2 Å². The first kappa shape index (κ1) is 21.7. The minimum Gasteiger partial charge on any atom is -0.463 e. The highest BCUT2D eigenvalue weighted by Gasteiger charge is 2.20. The molecule has 0 saturated heterocycles. The largest absolute Gasteiger partial charge is 0.463 e. The van der Waals surface area contributed by atoms with Crippen molar-refractivity contribution in [2.24, 2.45) is 0 Å². The number of carbonyl (C=O) groups is 1. The zero-order valence-corrected chi connectivity index (χ0v) is 18.4. The third kappa shape index (κ3) is 4.70. The number of halogens is 1. The molecule has 1 aliphatic rings. The van der Waals surface area contributed by atoms with Crippen LogP contribution in [0, 0.1) is 6.92 Å². The lowest BCUT2D eigenvalue weighted by molar-refractivity contribution is -0.128. The van der Waals surface area contributed by atoms with Crippen molar-refractivity contribution in [2.45, 2.75) is 32.9 Å². The van der Waals surface area contributed by atoms with Crippen molar-refractivity contribution < 1.29 is 19.0 Å². The van der Waals surface area contributed by atoms with Crippen LogP contribution in [-0.4, -0.2) is 28.6 Å². The van der Waals surface area contributed by atoms with E-state index < -0.39 is 6.10 Å². The molecule has 0 saturated carbocycles. The molecular formula is C23H22ClN3O5. The molecule has 1 amide bonds. The number of hydrogen-bond acceptors (Lipinski definition) is 6. The summed E-state index contributed by atoms with van der Waals surface area (Å²) >= 11 is 6.08. The summed E-state index contributed by atoms with van der Waals surface area (Å²) in [5.74, 6) is 1.21. The van der Waals surface area contributed by atoms with Gasteiger partial charge >= 0.3 is 0 Å². The average molecular weight is 456 g/mol. The van der Waals surface area contributed by atoms with Crippen LogP contribution in [0.4, 0.5) is 0 Å². The molecule has 8 nitrogen and oxygen atoms in total. The Kier molecular flexibility index (Phi) is 6.32. The number of fused-ring (bicyclic) bond motifs is 1. The minimum absolute atomic E-state index is 0.161. The lowest BCUT2D eigenvalue weighted by Gasteiger charge is -2.17. The maximum absolute atomic E-state index is 12.7. The lowest BCUT2D eigenvalue weighted by Crippen LogP contribution is -2.38. The van der Waals surface area contributed by atoms with E-state index in [1.807, 2.05) is 32.0 Å². The normalized spacial score (nSPS) is 13.0. The lowest BCUT2D eigenvalue weighted by atomic mass is 10.2. The van der Waals surface area contributed by atoms with Gasteiger partial charge in [0.05, 0.1) is 5.69 Å². The van der Waals surface area contributed by atoms with E-state index in [2.05, 4.69) is 10.4 Å². The molecule has 0 aliphatic carbocycles. The van der Waals surface area contributed by atoms with Gasteiger partial charge in [0.25, 0.3) is 11.5 Å². The number of amides is 1. The summed E-state index contributed by atoms with van der Waals surface area (Å²) < 4.78 is 17.7. The number of rotatable bonds is 7. The van der Waals surface area contributed by atoms with Gasteiger partial charge in [-0.25, -0.2) is 0 Å².